The highest BCUT2D eigenvalue weighted by Gasteiger charge is 1.90. The molecule has 0 aromatic heterocycles. The van der Waals surface area contributed by atoms with E-state index in [2.05, 4.69) is 25.1 Å². The highest BCUT2D eigenvalue weighted by molar-refractivity contribution is 5.43. The fourth-order valence-electron chi connectivity index (χ4n) is 1.44. The van der Waals surface area contributed by atoms with Crippen LogP contribution >= 0.6 is 0 Å². The van der Waals surface area contributed by atoms with Crippen molar-refractivity contribution in [3.63, 3.8) is 0 Å². The second-order valence-electron chi connectivity index (χ2n) is 3.13. The standard InChI is InChI=1S/C12H16O/c1-3-11-6-4-5-7-12(11)10(2)8-9-13/h3-7,13H,8-9H2,1-2H3/b11-3-,12-10-. The van der Waals surface area contributed by atoms with Crippen molar-refractivity contribution < 1.29 is 5.11 Å². The highest BCUT2D eigenvalue weighted by Crippen LogP contribution is 1.94. The van der Waals surface area contributed by atoms with E-state index in [4.69, 9.17) is 5.11 Å². The van der Waals surface area contributed by atoms with Crippen LogP contribution in [0.1, 0.15) is 20.3 Å². The van der Waals surface area contributed by atoms with E-state index >= 15 is 0 Å². The van der Waals surface area contributed by atoms with Gasteiger partial charge in [-0.15, -0.1) is 0 Å². The van der Waals surface area contributed by atoms with Crippen LogP contribution in [0.25, 0.3) is 11.6 Å². The molecule has 0 aliphatic heterocycles. The maximum atomic E-state index is 8.83. The van der Waals surface area contributed by atoms with Gasteiger partial charge in [-0.2, -0.15) is 0 Å². The molecule has 70 valence electrons. The number of aliphatic hydroxyl groups is 1. The van der Waals surface area contributed by atoms with Crippen molar-refractivity contribution in [2.24, 2.45) is 0 Å². The Bertz CT molecular complexity index is 376. The normalized spacial score (nSPS) is 14.5. The summed E-state index contributed by atoms with van der Waals surface area (Å²) in [6.07, 6.45) is 2.85. The Morgan fingerprint density at radius 3 is 2.69 bits per heavy atom. The molecule has 1 nitrogen and oxygen atoms in total. The van der Waals surface area contributed by atoms with Crippen LogP contribution in [0.3, 0.4) is 0 Å². The zero-order valence-electron chi connectivity index (χ0n) is 8.25. The number of aliphatic hydroxyl groups excluding tert-OH is 1. The molecule has 1 rings (SSSR count). The number of benzene rings is 1. The molecule has 0 unspecified atom stereocenters. The average molecular weight is 176 g/mol. The molecule has 0 spiro atoms. The molecule has 0 amide bonds. The molecular formula is C12H16O. The maximum Gasteiger partial charge on any atom is 0.0468 e. The molecule has 13 heavy (non-hydrogen) atoms. The van der Waals surface area contributed by atoms with E-state index in [0.717, 1.165) is 6.42 Å². The maximum absolute atomic E-state index is 8.83. The van der Waals surface area contributed by atoms with Crippen molar-refractivity contribution in [1.82, 2.24) is 0 Å². The molecule has 0 atom stereocenters. The summed E-state index contributed by atoms with van der Waals surface area (Å²) in [5, 5.41) is 11.3. The minimum atomic E-state index is 0.226. The Labute approximate surface area is 79.0 Å². The topological polar surface area (TPSA) is 20.2 Å². The molecule has 1 aromatic rings. The van der Waals surface area contributed by atoms with E-state index in [1.54, 1.807) is 0 Å². The lowest BCUT2D eigenvalue weighted by molar-refractivity contribution is 0.304. The summed E-state index contributed by atoms with van der Waals surface area (Å²) in [6.45, 7) is 4.33. The lowest BCUT2D eigenvalue weighted by atomic mass is 10.1. The molecule has 0 radical (unpaired) electrons. The van der Waals surface area contributed by atoms with Crippen LogP contribution in [-0.4, -0.2) is 11.7 Å². The van der Waals surface area contributed by atoms with Gasteiger partial charge in [0.1, 0.15) is 0 Å². The lowest BCUT2D eigenvalue weighted by Gasteiger charge is -1.98. The zero-order valence-corrected chi connectivity index (χ0v) is 8.25. The summed E-state index contributed by atoms with van der Waals surface area (Å²) >= 11 is 0. The monoisotopic (exact) mass is 176 g/mol. The Hall–Kier alpha value is -1.08. The minimum absolute atomic E-state index is 0.226. The van der Waals surface area contributed by atoms with Crippen LogP contribution in [0.5, 0.6) is 0 Å². The van der Waals surface area contributed by atoms with Gasteiger partial charge in [-0.1, -0.05) is 35.9 Å². The van der Waals surface area contributed by atoms with Crippen LogP contribution < -0.4 is 10.4 Å². The smallest absolute Gasteiger partial charge is 0.0468 e. The van der Waals surface area contributed by atoms with Crippen molar-refractivity contribution in [1.29, 1.82) is 0 Å². The van der Waals surface area contributed by atoms with Crippen LogP contribution in [0.15, 0.2) is 24.3 Å². The van der Waals surface area contributed by atoms with Crippen LogP contribution in [0.2, 0.25) is 0 Å². The highest BCUT2D eigenvalue weighted by atomic mass is 16.2. The van der Waals surface area contributed by atoms with Gasteiger partial charge >= 0.3 is 0 Å². The predicted octanol–water partition coefficient (Wildman–Crippen LogP) is 1.04. The molecule has 1 heteroatoms. The van der Waals surface area contributed by atoms with E-state index < -0.39 is 0 Å². The molecule has 0 aliphatic rings. The SMILES string of the molecule is C/C=c1/cccc/c1=C(\C)CCO. The van der Waals surface area contributed by atoms with E-state index in [-0.39, 0.29) is 6.61 Å². The Balaban J connectivity index is 3.35. The van der Waals surface area contributed by atoms with Gasteiger partial charge in [0.25, 0.3) is 0 Å². The summed E-state index contributed by atoms with van der Waals surface area (Å²) in [6, 6.07) is 8.25. The fourth-order valence-corrected chi connectivity index (χ4v) is 1.44. The van der Waals surface area contributed by atoms with Gasteiger partial charge < -0.3 is 5.11 Å². The second kappa shape index (κ2) is 4.83. The van der Waals surface area contributed by atoms with Crippen LogP contribution in [0, 0.1) is 0 Å². The first-order valence-electron chi connectivity index (χ1n) is 4.61. The number of hydrogen-bond donors (Lipinski definition) is 1. The molecule has 1 N–H and O–H groups in total. The average Bonchev–Trinajstić information content (AvgIpc) is 2.18. The number of rotatable bonds is 2. The molecule has 1 aromatic carbocycles. The van der Waals surface area contributed by atoms with Gasteiger partial charge in [-0.25, -0.2) is 0 Å². The Morgan fingerprint density at radius 1 is 1.38 bits per heavy atom. The van der Waals surface area contributed by atoms with Crippen molar-refractivity contribution in [3.05, 3.63) is 34.7 Å². The van der Waals surface area contributed by atoms with Gasteiger partial charge in [0.2, 0.25) is 0 Å². The quantitative estimate of drug-likeness (QED) is 0.714. The molecule has 0 saturated heterocycles. The van der Waals surface area contributed by atoms with E-state index in [0.29, 0.717) is 0 Å². The van der Waals surface area contributed by atoms with Gasteiger partial charge in [0.05, 0.1) is 0 Å². The summed E-state index contributed by atoms with van der Waals surface area (Å²) in [5.74, 6) is 0. The molecule has 0 fully saturated rings. The molecule has 0 heterocycles. The Kier molecular flexibility index (Phi) is 3.71. The summed E-state index contributed by atoms with van der Waals surface area (Å²) in [7, 11) is 0. The first kappa shape index (κ1) is 10.0. The van der Waals surface area contributed by atoms with E-state index in [1.165, 1.54) is 16.0 Å². The lowest BCUT2D eigenvalue weighted by Crippen LogP contribution is -2.25. The third-order valence-electron chi connectivity index (χ3n) is 2.22. The minimum Gasteiger partial charge on any atom is -0.396 e. The van der Waals surface area contributed by atoms with Crippen molar-refractivity contribution >= 4 is 11.6 Å². The van der Waals surface area contributed by atoms with Gasteiger partial charge in [0.15, 0.2) is 0 Å². The second-order valence-corrected chi connectivity index (χ2v) is 3.13. The Morgan fingerprint density at radius 2 is 2.08 bits per heavy atom. The van der Waals surface area contributed by atoms with Crippen LogP contribution in [-0.2, 0) is 0 Å². The largest absolute Gasteiger partial charge is 0.396 e. The first-order valence-corrected chi connectivity index (χ1v) is 4.61. The summed E-state index contributed by atoms with van der Waals surface area (Å²) < 4.78 is 0. The third-order valence-corrected chi connectivity index (χ3v) is 2.22. The zero-order chi connectivity index (χ0) is 9.68. The first-order chi connectivity index (χ1) is 6.29. The number of hydrogen-bond acceptors (Lipinski definition) is 1. The van der Waals surface area contributed by atoms with Gasteiger partial charge in [0, 0.05) is 6.61 Å². The van der Waals surface area contributed by atoms with Crippen molar-refractivity contribution in [2.75, 3.05) is 6.61 Å². The summed E-state index contributed by atoms with van der Waals surface area (Å²) in [4.78, 5) is 0. The van der Waals surface area contributed by atoms with Crippen molar-refractivity contribution in [2.45, 2.75) is 20.3 Å². The summed E-state index contributed by atoms with van der Waals surface area (Å²) in [5.41, 5.74) is 1.25. The van der Waals surface area contributed by atoms with Gasteiger partial charge in [-0.05, 0) is 30.7 Å². The van der Waals surface area contributed by atoms with E-state index in [1.807, 2.05) is 19.1 Å². The van der Waals surface area contributed by atoms with Gasteiger partial charge in [-0.3, -0.25) is 0 Å². The van der Waals surface area contributed by atoms with Crippen LogP contribution in [0.4, 0.5) is 0 Å². The van der Waals surface area contributed by atoms with E-state index in [9.17, 15) is 0 Å². The molecule has 0 aliphatic carbocycles. The third kappa shape index (κ3) is 2.43. The predicted molar refractivity (Wildman–Crippen MR) is 56.6 cm³/mol. The fraction of sp³-hybridized carbons (Fsp3) is 0.333. The molecule has 0 bridgehead atoms. The van der Waals surface area contributed by atoms with Crippen molar-refractivity contribution in [3.8, 4) is 0 Å². The molecule has 0 saturated carbocycles. The molecular weight excluding hydrogens is 160 g/mol.